The number of carbonyl (C=O) groups excluding carboxylic acids is 1. The Labute approximate surface area is 104 Å². The van der Waals surface area contributed by atoms with Crippen LogP contribution in [-0.4, -0.2) is 21.0 Å². The van der Waals surface area contributed by atoms with Crippen molar-refractivity contribution in [1.29, 1.82) is 0 Å². The first kappa shape index (κ1) is 13.1. The Morgan fingerprint density at radius 1 is 1.47 bits per heavy atom. The summed E-state index contributed by atoms with van der Waals surface area (Å²) < 4.78 is 0. The molecule has 0 unspecified atom stereocenters. The molecule has 0 saturated heterocycles. The van der Waals surface area contributed by atoms with Gasteiger partial charge in [0, 0.05) is 23.9 Å². The van der Waals surface area contributed by atoms with Gasteiger partial charge < -0.3 is 15.8 Å². The Morgan fingerprint density at radius 2 is 2.24 bits per heavy atom. The number of imidazole rings is 1. The number of hydrogen-bond donors (Lipinski definition) is 3. The number of para-hydroxylation sites is 1. The van der Waals surface area contributed by atoms with E-state index in [-0.39, 0.29) is 23.7 Å². The maximum absolute atomic E-state index is 11.0. The summed E-state index contributed by atoms with van der Waals surface area (Å²) in [5, 5.41) is 9.82. The van der Waals surface area contributed by atoms with E-state index < -0.39 is 5.91 Å². The number of nitrogens with zero attached hydrogens (tertiary/aromatic N) is 1. The third-order valence-electron chi connectivity index (χ3n) is 2.32. The zero-order chi connectivity index (χ0) is 11.5. The van der Waals surface area contributed by atoms with Crippen LogP contribution in [0.2, 0.25) is 0 Å². The van der Waals surface area contributed by atoms with E-state index in [1.807, 2.05) is 0 Å². The van der Waals surface area contributed by atoms with Crippen LogP contribution in [0, 0.1) is 0 Å². The molecule has 0 spiro atoms. The van der Waals surface area contributed by atoms with Crippen molar-refractivity contribution in [3.63, 3.8) is 0 Å². The van der Waals surface area contributed by atoms with Crippen LogP contribution in [0.5, 0.6) is 5.75 Å². The maximum Gasteiger partial charge on any atom is 0.252 e. The van der Waals surface area contributed by atoms with Gasteiger partial charge in [-0.3, -0.25) is 4.79 Å². The number of rotatable bonds is 3. The van der Waals surface area contributed by atoms with E-state index in [0.717, 1.165) is 5.69 Å². The number of phenols is 1. The fourth-order valence-corrected chi connectivity index (χ4v) is 1.52. The number of amides is 1. The third-order valence-corrected chi connectivity index (χ3v) is 2.32. The monoisotopic (exact) mass is 253 g/mol. The second kappa shape index (κ2) is 5.36. The zero-order valence-corrected chi connectivity index (χ0v) is 9.70. The highest BCUT2D eigenvalue weighted by Crippen LogP contribution is 2.23. The van der Waals surface area contributed by atoms with Crippen molar-refractivity contribution in [3.8, 4) is 5.75 Å². The van der Waals surface area contributed by atoms with Gasteiger partial charge in [0.1, 0.15) is 5.75 Å². The molecule has 0 atom stereocenters. The summed E-state index contributed by atoms with van der Waals surface area (Å²) in [5.41, 5.74) is 6.77. The van der Waals surface area contributed by atoms with Crippen LogP contribution in [0.4, 0.5) is 0 Å². The summed E-state index contributed by atoms with van der Waals surface area (Å²) in [6.07, 6.45) is 3.70. The molecule has 2 aromatic rings. The third kappa shape index (κ3) is 2.76. The number of nitrogens with two attached hydrogens (primary N) is 1. The molecular formula is C11H12ClN3O2. The Hall–Kier alpha value is -2.01. The maximum atomic E-state index is 11.0. The smallest absolute Gasteiger partial charge is 0.252 e. The van der Waals surface area contributed by atoms with Gasteiger partial charge in [0.2, 0.25) is 0 Å². The van der Waals surface area contributed by atoms with E-state index >= 15 is 0 Å². The van der Waals surface area contributed by atoms with Gasteiger partial charge in [0.25, 0.3) is 5.91 Å². The van der Waals surface area contributed by atoms with Crippen LogP contribution in [0.3, 0.4) is 0 Å². The molecule has 2 rings (SSSR count). The Bertz CT molecular complexity index is 511. The number of halogens is 1. The Morgan fingerprint density at radius 3 is 2.82 bits per heavy atom. The summed E-state index contributed by atoms with van der Waals surface area (Å²) in [6.45, 7) is 0. The lowest BCUT2D eigenvalue weighted by Crippen LogP contribution is -2.11. The molecule has 1 aromatic carbocycles. The van der Waals surface area contributed by atoms with E-state index in [2.05, 4.69) is 9.97 Å². The second-order valence-electron chi connectivity index (χ2n) is 3.43. The minimum absolute atomic E-state index is 0. The van der Waals surface area contributed by atoms with Crippen LogP contribution in [-0.2, 0) is 6.42 Å². The lowest BCUT2D eigenvalue weighted by atomic mass is 10.0. The van der Waals surface area contributed by atoms with Gasteiger partial charge in [-0.1, -0.05) is 12.1 Å². The van der Waals surface area contributed by atoms with Crippen LogP contribution >= 0.6 is 12.4 Å². The average Bonchev–Trinajstić information content (AvgIpc) is 2.73. The van der Waals surface area contributed by atoms with Gasteiger partial charge >= 0.3 is 0 Å². The number of aromatic nitrogens is 2. The van der Waals surface area contributed by atoms with Crippen LogP contribution in [0.1, 0.15) is 21.6 Å². The highest BCUT2D eigenvalue weighted by atomic mass is 35.5. The van der Waals surface area contributed by atoms with Gasteiger partial charge in [0.15, 0.2) is 0 Å². The van der Waals surface area contributed by atoms with Crippen LogP contribution < -0.4 is 5.73 Å². The summed E-state index contributed by atoms with van der Waals surface area (Å²) >= 11 is 0. The van der Waals surface area contributed by atoms with Crippen molar-refractivity contribution >= 4 is 18.3 Å². The molecule has 1 amide bonds. The molecule has 0 bridgehead atoms. The number of aromatic hydroxyl groups is 1. The zero-order valence-electron chi connectivity index (χ0n) is 8.88. The van der Waals surface area contributed by atoms with E-state index in [1.54, 1.807) is 24.7 Å². The minimum atomic E-state index is -0.635. The van der Waals surface area contributed by atoms with Crippen molar-refractivity contribution in [2.75, 3.05) is 0 Å². The summed E-state index contributed by atoms with van der Waals surface area (Å²) in [4.78, 5) is 17.8. The SMILES string of the molecule is Cl.NC(=O)c1cccc(Cc2cnc[nH]2)c1O. The average molecular weight is 254 g/mol. The quantitative estimate of drug-likeness (QED) is 0.768. The molecule has 0 aliphatic rings. The van der Waals surface area contributed by atoms with Crippen LogP contribution in [0.25, 0.3) is 0 Å². The van der Waals surface area contributed by atoms with Gasteiger partial charge in [-0.15, -0.1) is 12.4 Å². The van der Waals surface area contributed by atoms with Crippen molar-refractivity contribution in [2.45, 2.75) is 6.42 Å². The predicted octanol–water partition coefficient (Wildman–Crippen LogP) is 1.23. The van der Waals surface area contributed by atoms with E-state index in [0.29, 0.717) is 12.0 Å². The van der Waals surface area contributed by atoms with Crippen molar-refractivity contribution < 1.29 is 9.90 Å². The topological polar surface area (TPSA) is 92.0 Å². The fourth-order valence-electron chi connectivity index (χ4n) is 1.52. The minimum Gasteiger partial charge on any atom is -0.507 e. The molecule has 4 N–H and O–H groups in total. The number of H-pyrrole nitrogens is 1. The molecule has 0 aliphatic carbocycles. The molecule has 6 heteroatoms. The molecule has 0 radical (unpaired) electrons. The second-order valence-corrected chi connectivity index (χ2v) is 3.43. The fraction of sp³-hybridized carbons (Fsp3) is 0.0909. The number of aromatic amines is 1. The highest BCUT2D eigenvalue weighted by molar-refractivity contribution is 5.95. The van der Waals surface area contributed by atoms with Crippen molar-refractivity contribution in [3.05, 3.63) is 47.5 Å². The number of benzene rings is 1. The molecule has 0 aliphatic heterocycles. The lowest BCUT2D eigenvalue weighted by molar-refractivity contribution is 0.0997. The summed E-state index contributed by atoms with van der Waals surface area (Å²) in [7, 11) is 0. The first-order valence-electron chi connectivity index (χ1n) is 4.76. The number of carbonyl (C=O) groups is 1. The van der Waals surface area contributed by atoms with Gasteiger partial charge in [0.05, 0.1) is 11.9 Å². The highest BCUT2D eigenvalue weighted by Gasteiger charge is 2.11. The van der Waals surface area contributed by atoms with Crippen LogP contribution in [0.15, 0.2) is 30.7 Å². The molecule has 90 valence electrons. The Balaban J connectivity index is 0.00000144. The molecule has 0 fully saturated rings. The molecule has 17 heavy (non-hydrogen) atoms. The number of primary amides is 1. The van der Waals surface area contributed by atoms with Gasteiger partial charge in [-0.2, -0.15) is 0 Å². The summed E-state index contributed by atoms with van der Waals surface area (Å²) in [6, 6.07) is 4.92. The summed E-state index contributed by atoms with van der Waals surface area (Å²) in [5.74, 6) is -0.700. The van der Waals surface area contributed by atoms with Gasteiger partial charge in [-0.05, 0) is 6.07 Å². The largest absolute Gasteiger partial charge is 0.507 e. The van der Waals surface area contributed by atoms with E-state index in [1.165, 1.54) is 6.07 Å². The van der Waals surface area contributed by atoms with Gasteiger partial charge in [-0.25, -0.2) is 4.98 Å². The van der Waals surface area contributed by atoms with Crippen molar-refractivity contribution in [1.82, 2.24) is 9.97 Å². The first-order valence-corrected chi connectivity index (χ1v) is 4.76. The number of hydrogen-bond acceptors (Lipinski definition) is 3. The standard InChI is InChI=1S/C11H11N3O2.ClH/c12-11(16)9-3-1-2-7(10(9)15)4-8-5-13-6-14-8;/h1-3,5-6,15H,4H2,(H2,12,16)(H,13,14);1H. The molecular weight excluding hydrogens is 242 g/mol. The molecule has 0 saturated carbocycles. The first-order chi connectivity index (χ1) is 7.68. The Kier molecular flexibility index (Phi) is 4.12. The molecule has 1 heterocycles. The normalized spacial score (nSPS) is 9.65. The van der Waals surface area contributed by atoms with E-state index in [9.17, 15) is 9.90 Å². The lowest BCUT2D eigenvalue weighted by Gasteiger charge is -2.06. The van der Waals surface area contributed by atoms with E-state index in [4.69, 9.17) is 5.73 Å². The van der Waals surface area contributed by atoms with Crippen molar-refractivity contribution in [2.24, 2.45) is 5.73 Å². The molecule has 1 aromatic heterocycles. The molecule has 5 nitrogen and oxygen atoms in total. The predicted molar refractivity (Wildman–Crippen MR) is 65.3 cm³/mol. The number of nitrogens with one attached hydrogen (secondary N) is 1.